The highest BCUT2D eigenvalue weighted by Crippen LogP contribution is 2.33. The maximum atomic E-state index is 11.1. The highest BCUT2D eigenvalue weighted by atomic mass is 35.5. The Kier molecular flexibility index (Phi) is 4.58. The van der Waals surface area contributed by atoms with E-state index in [0.29, 0.717) is 16.3 Å². The number of carbonyl (C=O) groups is 1. The summed E-state index contributed by atoms with van der Waals surface area (Å²) in [5.41, 5.74) is 4.59. The fraction of sp³-hybridized carbons (Fsp3) is 0.105. The first-order valence-electron chi connectivity index (χ1n) is 7.27. The van der Waals surface area contributed by atoms with Gasteiger partial charge in [0.15, 0.2) is 6.29 Å². The number of aldehydes is 1. The van der Waals surface area contributed by atoms with Crippen LogP contribution in [0.2, 0.25) is 5.02 Å². The van der Waals surface area contributed by atoms with Crippen LogP contribution in [0.4, 0.5) is 0 Å². The summed E-state index contributed by atoms with van der Waals surface area (Å²) in [5.74, 6) is 0.509. The SMILES string of the molecule is COc1cc(-c2ncnc(-c3cc[c]cc3Cl)c2C)ccc1C=O. The van der Waals surface area contributed by atoms with Gasteiger partial charge in [0.2, 0.25) is 0 Å². The van der Waals surface area contributed by atoms with Gasteiger partial charge >= 0.3 is 0 Å². The zero-order valence-electron chi connectivity index (χ0n) is 13.2. The molecule has 3 rings (SSSR count). The van der Waals surface area contributed by atoms with Gasteiger partial charge in [-0.15, -0.1) is 0 Å². The Balaban J connectivity index is 2.16. The normalized spacial score (nSPS) is 10.5. The molecule has 0 unspecified atom stereocenters. The molecular weight excluding hydrogens is 324 g/mol. The van der Waals surface area contributed by atoms with E-state index in [4.69, 9.17) is 16.3 Å². The second-order valence-corrected chi connectivity index (χ2v) is 5.58. The summed E-state index contributed by atoms with van der Waals surface area (Å²) in [5, 5.41) is 0.583. The molecule has 0 saturated carbocycles. The number of aromatic nitrogens is 2. The van der Waals surface area contributed by atoms with Crippen molar-refractivity contribution in [3.63, 3.8) is 0 Å². The highest BCUT2D eigenvalue weighted by molar-refractivity contribution is 6.33. The van der Waals surface area contributed by atoms with Crippen LogP contribution in [0.3, 0.4) is 0 Å². The molecule has 24 heavy (non-hydrogen) atoms. The van der Waals surface area contributed by atoms with Crippen LogP contribution in [0.25, 0.3) is 22.5 Å². The average Bonchev–Trinajstić information content (AvgIpc) is 2.62. The minimum Gasteiger partial charge on any atom is -0.496 e. The van der Waals surface area contributed by atoms with Crippen LogP contribution in [0, 0.1) is 13.0 Å². The predicted octanol–water partition coefficient (Wildman–Crippen LogP) is 4.39. The Morgan fingerprint density at radius 2 is 2.00 bits per heavy atom. The molecule has 1 aromatic heterocycles. The van der Waals surface area contributed by atoms with Crippen LogP contribution in [0.1, 0.15) is 15.9 Å². The van der Waals surface area contributed by atoms with E-state index in [-0.39, 0.29) is 0 Å². The minimum atomic E-state index is 0.495. The van der Waals surface area contributed by atoms with Crippen LogP contribution in [-0.2, 0) is 0 Å². The topological polar surface area (TPSA) is 52.1 Å². The molecule has 0 bridgehead atoms. The van der Waals surface area contributed by atoms with E-state index in [1.807, 2.05) is 19.1 Å². The van der Waals surface area contributed by atoms with E-state index in [2.05, 4.69) is 16.0 Å². The Bertz CT molecular complexity index is 910. The first kappa shape index (κ1) is 16.1. The van der Waals surface area contributed by atoms with E-state index < -0.39 is 0 Å². The molecule has 4 nitrogen and oxygen atoms in total. The second kappa shape index (κ2) is 6.81. The zero-order valence-corrected chi connectivity index (χ0v) is 14.0. The summed E-state index contributed by atoms with van der Waals surface area (Å²) in [6.07, 6.45) is 2.27. The Hall–Kier alpha value is -2.72. The molecule has 2 aromatic carbocycles. The molecular formula is C19H14ClN2O2. The number of nitrogens with zero attached hydrogens (tertiary/aromatic N) is 2. The molecule has 0 N–H and O–H groups in total. The van der Waals surface area contributed by atoms with Crippen molar-refractivity contribution >= 4 is 17.9 Å². The molecule has 0 aliphatic heterocycles. The molecule has 1 radical (unpaired) electrons. The lowest BCUT2D eigenvalue weighted by Gasteiger charge is -2.12. The van der Waals surface area contributed by atoms with Crippen molar-refractivity contribution in [3.05, 3.63) is 64.9 Å². The maximum Gasteiger partial charge on any atom is 0.153 e. The second-order valence-electron chi connectivity index (χ2n) is 5.18. The fourth-order valence-corrected chi connectivity index (χ4v) is 2.79. The Morgan fingerprint density at radius 1 is 1.21 bits per heavy atom. The highest BCUT2D eigenvalue weighted by Gasteiger charge is 2.14. The summed E-state index contributed by atoms with van der Waals surface area (Å²) in [4.78, 5) is 19.8. The summed E-state index contributed by atoms with van der Waals surface area (Å²) >= 11 is 6.27. The number of rotatable bonds is 4. The lowest BCUT2D eigenvalue weighted by Crippen LogP contribution is -1.97. The monoisotopic (exact) mass is 337 g/mol. The maximum absolute atomic E-state index is 11.1. The van der Waals surface area contributed by atoms with Crippen molar-refractivity contribution in [3.8, 4) is 28.3 Å². The van der Waals surface area contributed by atoms with E-state index in [0.717, 1.165) is 34.4 Å². The molecule has 0 aliphatic rings. The van der Waals surface area contributed by atoms with Crippen LogP contribution < -0.4 is 4.74 Å². The third-order valence-corrected chi connectivity index (χ3v) is 4.10. The van der Waals surface area contributed by atoms with Gasteiger partial charge in [-0.2, -0.15) is 0 Å². The van der Waals surface area contributed by atoms with Crippen LogP contribution in [0.5, 0.6) is 5.75 Å². The number of halogens is 1. The van der Waals surface area contributed by atoms with Crippen molar-refractivity contribution in [1.29, 1.82) is 0 Å². The summed E-state index contributed by atoms with van der Waals surface area (Å²) in [7, 11) is 1.53. The van der Waals surface area contributed by atoms with E-state index in [9.17, 15) is 4.79 Å². The Labute approximate surface area is 145 Å². The smallest absolute Gasteiger partial charge is 0.153 e. The van der Waals surface area contributed by atoms with Gasteiger partial charge in [-0.1, -0.05) is 29.8 Å². The number of carbonyl (C=O) groups excluding carboxylic acids is 1. The molecule has 0 saturated heterocycles. The van der Waals surface area contributed by atoms with Gasteiger partial charge in [0.1, 0.15) is 12.1 Å². The van der Waals surface area contributed by atoms with Crippen molar-refractivity contribution < 1.29 is 9.53 Å². The quantitative estimate of drug-likeness (QED) is 0.662. The summed E-state index contributed by atoms with van der Waals surface area (Å²) < 4.78 is 5.27. The van der Waals surface area contributed by atoms with Gasteiger partial charge in [-0.05, 0) is 31.2 Å². The molecule has 3 aromatic rings. The van der Waals surface area contributed by atoms with Gasteiger partial charge in [0.25, 0.3) is 0 Å². The summed E-state index contributed by atoms with van der Waals surface area (Å²) in [6, 6.07) is 13.7. The standard InChI is InChI=1S/C19H14ClN2O2/c1-12-18(13-7-8-14(10-23)17(9-13)24-2)21-11-22-19(12)15-5-3-4-6-16(15)20/h3,5-11H,1-2H3. The van der Waals surface area contributed by atoms with Crippen molar-refractivity contribution in [1.82, 2.24) is 9.97 Å². The molecule has 0 spiro atoms. The van der Waals surface area contributed by atoms with E-state index >= 15 is 0 Å². The largest absolute Gasteiger partial charge is 0.496 e. The van der Waals surface area contributed by atoms with Gasteiger partial charge in [0.05, 0.1) is 29.1 Å². The van der Waals surface area contributed by atoms with E-state index in [1.165, 1.54) is 13.4 Å². The molecule has 0 aliphatic carbocycles. The van der Waals surface area contributed by atoms with Crippen LogP contribution in [0.15, 0.2) is 42.7 Å². The number of hydrogen-bond acceptors (Lipinski definition) is 4. The lowest BCUT2D eigenvalue weighted by atomic mass is 10.0. The predicted molar refractivity (Wildman–Crippen MR) is 93.4 cm³/mol. The average molecular weight is 338 g/mol. The molecule has 0 fully saturated rings. The van der Waals surface area contributed by atoms with Crippen LogP contribution in [-0.4, -0.2) is 23.4 Å². The number of benzene rings is 2. The molecule has 1 heterocycles. The van der Waals surface area contributed by atoms with Gasteiger partial charge in [-0.25, -0.2) is 9.97 Å². The summed E-state index contributed by atoms with van der Waals surface area (Å²) in [6.45, 7) is 1.94. The third kappa shape index (κ3) is 2.88. The van der Waals surface area contributed by atoms with Gasteiger partial charge in [-0.3, -0.25) is 4.79 Å². The first-order valence-corrected chi connectivity index (χ1v) is 7.64. The number of methoxy groups -OCH3 is 1. The Morgan fingerprint density at radius 3 is 2.71 bits per heavy atom. The molecule has 119 valence electrons. The van der Waals surface area contributed by atoms with Crippen molar-refractivity contribution in [2.45, 2.75) is 6.92 Å². The molecule has 0 amide bonds. The zero-order chi connectivity index (χ0) is 17.1. The molecule has 0 atom stereocenters. The minimum absolute atomic E-state index is 0.495. The van der Waals surface area contributed by atoms with Gasteiger partial charge in [0, 0.05) is 16.7 Å². The molecule has 5 heteroatoms. The van der Waals surface area contributed by atoms with Crippen molar-refractivity contribution in [2.75, 3.05) is 7.11 Å². The van der Waals surface area contributed by atoms with Gasteiger partial charge < -0.3 is 4.74 Å². The number of ether oxygens (including phenoxy) is 1. The number of hydrogen-bond donors (Lipinski definition) is 0. The van der Waals surface area contributed by atoms with Crippen LogP contribution >= 0.6 is 11.6 Å². The first-order chi connectivity index (χ1) is 11.7. The third-order valence-electron chi connectivity index (χ3n) is 3.79. The van der Waals surface area contributed by atoms with Crippen molar-refractivity contribution in [2.24, 2.45) is 0 Å². The fourth-order valence-electron chi connectivity index (χ4n) is 2.57. The lowest BCUT2D eigenvalue weighted by molar-refractivity contribution is 0.112. The van der Waals surface area contributed by atoms with E-state index in [1.54, 1.807) is 24.3 Å².